The molecule has 0 aromatic heterocycles. The van der Waals surface area contributed by atoms with Gasteiger partial charge in [0.25, 0.3) is 0 Å². The van der Waals surface area contributed by atoms with Crippen LogP contribution in [0.25, 0.3) is 0 Å². The van der Waals surface area contributed by atoms with E-state index in [1.54, 1.807) is 0 Å². The first-order valence-corrected chi connectivity index (χ1v) is 12.1. The zero-order chi connectivity index (χ0) is 25.9. The van der Waals surface area contributed by atoms with Gasteiger partial charge in [-0.15, -0.1) is 0 Å². The van der Waals surface area contributed by atoms with Gasteiger partial charge in [0.2, 0.25) is 9.84 Å². The molecule has 0 aliphatic carbocycles. The highest BCUT2D eigenvalue weighted by atomic mass is 35.5. The van der Waals surface area contributed by atoms with Gasteiger partial charge in [0.15, 0.2) is 5.75 Å². The minimum atomic E-state index is -4.29. The predicted molar refractivity (Wildman–Crippen MR) is 126 cm³/mol. The molecule has 4 rings (SSSR count). The molecule has 10 heteroatoms. The molecule has 0 heterocycles. The molecule has 36 heavy (non-hydrogen) atoms. The molecule has 6 nitrogen and oxygen atoms in total. The van der Waals surface area contributed by atoms with Crippen LogP contribution in [0.15, 0.2) is 101 Å². The summed E-state index contributed by atoms with van der Waals surface area (Å²) in [4.78, 5) is 24.4. The fraction of sp³-hybridized carbons (Fsp3) is 0. The third kappa shape index (κ3) is 5.59. The summed E-state index contributed by atoms with van der Waals surface area (Å²) in [6, 6.07) is 17.7. The lowest BCUT2D eigenvalue weighted by Gasteiger charge is -2.13. The van der Waals surface area contributed by atoms with Gasteiger partial charge in [0.1, 0.15) is 22.3 Å². The number of sulfone groups is 1. The Kier molecular flexibility index (Phi) is 7.14. The Bertz CT molecular complexity index is 1540. The molecule has 0 saturated carbocycles. The Morgan fingerprint density at radius 3 is 1.69 bits per heavy atom. The smallest absolute Gasteiger partial charge is 0.343 e. The van der Waals surface area contributed by atoms with Gasteiger partial charge >= 0.3 is 11.9 Å². The van der Waals surface area contributed by atoms with E-state index in [1.165, 1.54) is 54.6 Å². The highest BCUT2D eigenvalue weighted by Crippen LogP contribution is 2.34. The second kappa shape index (κ2) is 10.3. The summed E-state index contributed by atoms with van der Waals surface area (Å²) in [6.45, 7) is 0. The van der Waals surface area contributed by atoms with E-state index in [0.717, 1.165) is 36.4 Å². The van der Waals surface area contributed by atoms with Gasteiger partial charge in [0, 0.05) is 11.1 Å². The Morgan fingerprint density at radius 1 is 0.667 bits per heavy atom. The minimum Gasteiger partial charge on any atom is -0.423 e. The number of halogens is 3. The van der Waals surface area contributed by atoms with Crippen molar-refractivity contribution in [2.75, 3.05) is 0 Å². The predicted octanol–water partition coefficient (Wildman–Crippen LogP) is 5.89. The molecular formula is C26H15ClF2O6S. The van der Waals surface area contributed by atoms with Crippen LogP contribution in [0.4, 0.5) is 8.78 Å². The van der Waals surface area contributed by atoms with Crippen molar-refractivity contribution in [1.82, 2.24) is 0 Å². The topological polar surface area (TPSA) is 86.7 Å². The zero-order valence-electron chi connectivity index (χ0n) is 18.2. The van der Waals surface area contributed by atoms with Gasteiger partial charge in [-0.3, -0.25) is 0 Å². The third-order valence-electron chi connectivity index (χ3n) is 4.90. The van der Waals surface area contributed by atoms with E-state index in [4.69, 9.17) is 21.1 Å². The summed E-state index contributed by atoms with van der Waals surface area (Å²) in [7, 11) is -4.29. The Labute approximate surface area is 209 Å². The highest BCUT2D eigenvalue weighted by molar-refractivity contribution is 7.91. The van der Waals surface area contributed by atoms with Gasteiger partial charge in [-0.1, -0.05) is 11.6 Å². The summed E-state index contributed by atoms with van der Waals surface area (Å²) in [5.74, 6) is -3.42. The van der Waals surface area contributed by atoms with Crippen LogP contribution >= 0.6 is 11.6 Å². The molecule has 0 atom stereocenters. The molecule has 0 N–H and O–H groups in total. The van der Waals surface area contributed by atoms with Crippen molar-refractivity contribution in [2.45, 2.75) is 9.79 Å². The van der Waals surface area contributed by atoms with Gasteiger partial charge in [-0.2, -0.15) is 0 Å². The van der Waals surface area contributed by atoms with E-state index in [1.807, 2.05) is 0 Å². The van der Waals surface area contributed by atoms with Gasteiger partial charge < -0.3 is 9.47 Å². The maximum Gasteiger partial charge on any atom is 0.343 e. The average molecular weight is 529 g/mol. The number of rotatable bonds is 6. The van der Waals surface area contributed by atoms with E-state index in [0.29, 0.717) is 5.02 Å². The van der Waals surface area contributed by atoms with E-state index in [-0.39, 0.29) is 27.5 Å². The third-order valence-corrected chi connectivity index (χ3v) is 6.94. The monoisotopic (exact) mass is 528 g/mol. The Hall–Kier alpha value is -4.08. The lowest BCUT2D eigenvalue weighted by atomic mass is 10.2. The van der Waals surface area contributed by atoms with Gasteiger partial charge in [0.05, 0.1) is 16.0 Å². The summed E-state index contributed by atoms with van der Waals surface area (Å²) in [5, 5.41) is 0.305. The summed E-state index contributed by atoms with van der Waals surface area (Å²) in [5.41, 5.74) is 0.0170. The molecule has 0 amide bonds. The van der Waals surface area contributed by atoms with Crippen molar-refractivity contribution in [3.63, 3.8) is 0 Å². The number of ether oxygens (including phenoxy) is 2. The molecule has 0 unspecified atom stereocenters. The van der Waals surface area contributed by atoms with E-state index >= 15 is 0 Å². The van der Waals surface area contributed by atoms with Crippen LogP contribution in [0.5, 0.6) is 11.5 Å². The first kappa shape index (κ1) is 25.0. The Morgan fingerprint density at radius 2 is 1.17 bits per heavy atom. The molecule has 0 spiro atoms. The maximum absolute atomic E-state index is 13.4. The number of hydrogen-bond acceptors (Lipinski definition) is 6. The van der Waals surface area contributed by atoms with Crippen molar-refractivity contribution in [1.29, 1.82) is 0 Å². The van der Waals surface area contributed by atoms with Crippen LogP contribution in [0, 0.1) is 11.6 Å². The largest absolute Gasteiger partial charge is 0.423 e. The minimum absolute atomic E-state index is 0.0157. The summed E-state index contributed by atoms with van der Waals surface area (Å²) in [6.07, 6.45) is 0. The second-order valence-electron chi connectivity index (χ2n) is 7.36. The van der Waals surface area contributed by atoms with Crippen molar-refractivity contribution < 1.29 is 36.3 Å². The molecule has 0 radical (unpaired) electrons. The molecule has 0 aliphatic rings. The molecule has 0 fully saturated rings. The van der Waals surface area contributed by atoms with E-state index in [2.05, 4.69) is 0 Å². The number of benzene rings is 4. The van der Waals surface area contributed by atoms with Crippen LogP contribution < -0.4 is 9.47 Å². The number of carbonyl (C=O) groups is 2. The van der Waals surface area contributed by atoms with Crippen LogP contribution in [-0.4, -0.2) is 20.4 Å². The highest BCUT2D eigenvalue weighted by Gasteiger charge is 2.26. The van der Waals surface area contributed by atoms with Crippen molar-refractivity contribution >= 4 is 33.4 Å². The maximum atomic E-state index is 13.4. The second-order valence-corrected chi connectivity index (χ2v) is 9.71. The number of hydrogen-bond donors (Lipinski definition) is 0. The summed E-state index contributed by atoms with van der Waals surface area (Å²) < 4.78 is 63.7. The van der Waals surface area contributed by atoms with Gasteiger partial charge in [-0.25, -0.2) is 26.8 Å². The standard InChI is InChI=1S/C26H15ClF2O6S/c27-18-5-12-22(13-6-18)36(32,33)24-15-21(34-25(30)16-1-7-19(28)8-2-16)11-14-23(24)35-26(31)17-3-9-20(29)10-4-17/h1-15H. The Balaban J connectivity index is 1.72. The van der Waals surface area contributed by atoms with E-state index in [9.17, 15) is 26.8 Å². The lowest BCUT2D eigenvalue weighted by Crippen LogP contribution is -2.13. The number of carbonyl (C=O) groups excluding carboxylic acids is 2. The van der Waals surface area contributed by atoms with Crippen LogP contribution in [0.2, 0.25) is 5.02 Å². The fourth-order valence-electron chi connectivity index (χ4n) is 3.08. The SMILES string of the molecule is O=C(Oc1ccc(OC(=O)c2ccc(F)cc2)c(S(=O)(=O)c2ccc(Cl)cc2)c1)c1ccc(F)cc1. The molecule has 4 aromatic carbocycles. The quantitative estimate of drug-likeness (QED) is 0.229. The molecule has 0 saturated heterocycles. The van der Waals surface area contributed by atoms with E-state index < -0.39 is 38.3 Å². The fourth-order valence-corrected chi connectivity index (χ4v) is 4.60. The zero-order valence-corrected chi connectivity index (χ0v) is 19.7. The molecule has 0 bridgehead atoms. The number of esters is 2. The van der Waals surface area contributed by atoms with Gasteiger partial charge in [-0.05, 0) is 84.9 Å². The summed E-state index contributed by atoms with van der Waals surface area (Å²) >= 11 is 5.87. The van der Waals surface area contributed by atoms with Crippen LogP contribution in [0.3, 0.4) is 0 Å². The first-order chi connectivity index (χ1) is 17.1. The van der Waals surface area contributed by atoms with Crippen LogP contribution in [-0.2, 0) is 9.84 Å². The molecular weight excluding hydrogens is 514 g/mol. The lowest BCUT2D eigenvalue weighted by molar-refractivity contribution is 0.0715. The van der Waals surface area contributed by atoms with Crippen molar-refractivity contribution in [2.24, 2.45) is 0 Å². The van der Waals surface area contributed by atoms with Crippen molar-refractivity contribution in [3.8, 4) is 11.5 Å². The first-order valence-electron chi connectivity index (χ1n) is 10.2. The normalized spacial score (nSPS) is 11.1. The average Bonchev–Trinajstić information content (AvgIpc) is 2.86. The molecule has 0 aliphatic heterocycles. The molecule has 4 aromatic rings. The van der Waals surface area contributed by atoms with Crippen molar-refractivity contribution in [3.05, 3.63) is 119 Å². The van der Waals surface area contributed by atoms with Crippen LogP contribution in [0.1, 0.15) is 20.7 Å². The molecule has 182 valence electrons.